The van der Waals surface area contributed by atoms with Crippen LogP contribution in [-0.2, 0) is 31.6 Å². The number of rotatable bonds is 24. The van der Waals surface area contributed by atoms with Crippen LogP contribution in [-0.4, -0.2) is 81.9 Å². The van der Waals surface area contributed by atoms with E-state index in [1.807, 2.05) is 111 Å². The number of aromatic carboxylic acids is 1. The van der Waals surface area contributed by atoms with Gasteiger partial charge in [0.25, 0.3) is 11.8 Å². The van der Waals surface area contributed by atoms with Gasteiger partial charge in [-0.1, -0.05) is 66.7 Å². The number of aromatic nitrogens is 4. The van der Waals surface area contributed by atoms with Gasteiger partial charge in [-0.3, -0.25) is 14.4 Å². The summed E-state index contributed by atoms with van der Waals surface area (Å²) >= 11 is 13.3. The summed E-state index contributed by atoms with van der Waals surface area (Å²) in [5, 5.41) is 19.7. The van der Waals surface area contributed by atoms with E-state index in [0.717, 1.165) is 91.2 Å². The molecule has 4 aromatic heterocycles. The SMILES string of the molecule is CC(=O)c1cccc(Br)n1.CC(NC(=O)c1ccc2c(Oc3ccc(C(F)(F)F)cc3)cccc2c1)c1cccc(Br)n1.COc1ccc(CN(C(=O)c2ccc3c(Oc4ccc(C(F)(F)F)cc4)cccc3c2)C(C)c2cccc(Br)n2)c(OC)c1.COc1ccc(CNC(C)c2cccc(Br)n2)c(OC)c1.O=C(O)c1ccc2c(Oc3ccc(C(F)(F)F)cc3)cccc2c1. The van der Waals surface area contributed by atoms with E-state index in [-0.39, 0.29) is 59.0 Å². The number of hydrogen-bond acceptors (Lipinski definition) is 16. The maximum atomic E-state index is 14.2. The Hall–Kier alpha value is -13.3. The van der Waals surface area contributed by atoms with Gasteiger partial charge in [0.15, 0.2) is 5.78 Å². The van der Waals surface area contributed by atoms with Crippen LogP contribution in [0.2, 0.25) is 0 Å². The Morgan fingerprint density at radius 3 is 1.13 bits per heavy atom. The zero-order valence-corrected chi connectivity index (χ0v) is 77.8. The zero-order valence-electron chi connectivity index (χ0n) is 71.4. The fraction of sp³-hybridized carbons (Fsp3) is 0.160. The number of pyridine rings is 4. The molecule has 680 valence electrons. The number of carbonyl (C=O) groups excluding carboxylic acids is 3. The predicted molar refractivity (Wildman–Crippen MR) is 500 cm³/mol. The van der Waals surface area contributed by atoms with Gasteiger partial charge >= 0.3 is 24.5 Å². The third-order valence-electron chi connectivity index (χ3n) is 20.1. The summed E-state index contributed by atoms with van der Waals surface area (Å²) in [4.78, 5) is 67.8. The Morgan fingerprint density at radius 2 is 0.735 bits per heavy atom. The van der Waals surface area contributed by atoms with Gasteiger partial charge in [-0.2, -0.15) is 39.5 Å². The highest BCUT2D eigenvalue weighted by Crippen LogP contribution is 2.40. The van der Waals surface area contributed by atoms with Gasteiger partial charge in [-0.05, 0) is 313 Å². The number of nitrogens with zero attached hydrogens (tertiary/aromatic N) is 5. The first-order valence-corrected chi connectivity index (χ1v) is 43.3. The van der Waals surface area contributed by atoms with Crippen LogP contribution in [0.15, 0.2) is 310 Å². The maximum Gasteiger partial charge on any atom is 0.416 e. The largest absolute Gasteiger partial charge is 0.497 e. The van der Waals surface area contributed by atoms with Gasteiger partial charge in [0.1, 0.15) is 81.6 Å². The van der Waals surface area contributed by atoms with Crippen LogP contribution in [0.25, 0.3) is 32.3 Å². The van der Waals surface area contributed by atoms with Gasteiger partial charge < -0.3 is 53.8 Å². The molecular formula is C100H82Br4F9N7O12. The van der Waals surface area contributed by atoms with E-state index in [1.165, 1.54) is 55.5 Å². The fourth-order valence-electron chi connectivity index (χ4n) is 13.1. The van der Waals surface area contributed by atoms with Crippen LogP contribution < -0.4 is 43.8 Å². The number of alkyl halides is 9. The van der Waals surface area contributed by atoms with Crippen molar-refractivity contribution in [3.8, 4) is 57.5 Å². The van der Waals surface area contributed by atoms with E-state index in [9.17, 15) is 58.7 Å². The number of methoxy groups -OCH3 is 4. The van der Waals surface area contributed by atoms with Crippen molar-refractivity contribution in [3.05, 3.63) is 377 Å². The molecule has 0 radical (unpaired) electrons. The van der Waals surface area contributed by atoms with E-state index < -0.39 is 47.2 Å². The number of amides is 2. The first-order chi connectivity index (χ1) is 62.9. The monoisotopic (exact) mass is 2060 g/mol. The molecule has 11 aromatic carbocycles. The lowest BCUT2D eigenvalue weighted by Crippen LogP contribution is -2.33. The molecular weight excluding hydrogens is 1980 g/mol. The van der Waals surface area contributed by atoms with E-state index in [0.29, 0.717) is 87.8 Å². The molecule has 0 spiro atoms. The average Bonchev–Trinajstić information content (AvgIpc) is 0.789. The van der Waals surface area contributed by atoms with Gasteiger partial charge in [0.05, 0.1) is 86.4 Å². The molecule has 0 bridgehead atoms. The molecule has 0 fully saturated rings. The summed E-state index contributed by atoms with van der Waals surface area (Å²) in [5.41, 5.74) is 3.61. The normalized spacial score (nSPS) is 11.8. The topological polar surface area (TPSA) is 232 Å². The standard InChI is InChI=1S/C34H28BrF3N2O4.C25H18BrF3N2O2.C18H11F3O3.C16H19BrN2O2.C7H6BrNO/c1-21(29-7-5-9-32(35)39-29)40(20-24-10-14-27(42-2)19-31(24)43-3)33(41)23-11-17-28-22(18-23)6-4-8-30(28)44-26-15-12-25(13-16-26)34(36,37)38;1-15(21-5-3-7-23(26)31-21)30-24(32)17-8-13-20-16(14-17)4-2-6-22(20)33-19-11-9-18(10-12-19)25(27,28)29;19-18(20,21)13-5-7-14(8-6-13)24-16-3-1-2-11-10-12(17(22)23)4-9-15(11)16;1-11(14-5-4-6-16(17)19-14)18-10-12-7-8-13(20-2)9-15(12)21-3;1-5(10)6-3-2-4-7(8)9-6/h4-19,21H,20H2,1-3H3;2-15H,1H3,(H,30,32);1-10H,(H,22,23);4-9,11,18H,10H2,1-3H3;2-4H,1H3. The number of Topliss-reactive ketones (excluding diaryl/α,β-unsaturated/α-hetero) is 1. The van der Waals surface area contributed by atoms with E-state index >= 15 is 0 Å². The van der Waals surface area contributed by atoms with E-state index in [2.05, 4.69) is 101 Å². The minimum atomic E-state index is -4.43. The second-order valence-corrected chi connectivity index (χ2v) is 32.3. The molecule has 3 N–H and O–H groups in total. The highest BCUT2D eigenvalue weighted by Gasteiger charge is 2.33. The molecule has 0 aliphatic heterocycles. The first kappa shape index (κ1) is 99.3. The van der Waals surface area contributed by atoms with Crippen molar-refractivity contribution in [2.75, 3.05) is 28.4 Å². The van der Waals surface area contributed by atoms with Crippen LogP contribution in [0, 0.1) is 0 Å². The lowest BCUT2D eigenvalue weighted by atomic mass is 10.0. The fourth-order valence-corrected chi connectivity index (χ4v) is 14.6. The molecule has 15 rings (SSSR count). The molecule has 4 heterocycles. The molecule has 3 atom stereocenters. The van der Waals surface area contributed by atoms with E-state index in [4.69, 9.17) is 38.3 Å². The number of carboxylic acids is 1. The molecule has 19 nitrogen and oxygen atoms in total. The molecule has 15 aromatic rings. The number of hydrogen-bond donors (Lipinski definition) is 3. The minimum absolute atomic E-state index is 0.0127. The van der Waals surface area contributed by atoms with Gasteiger partial charge in [-0.15, -0.1) is 0 Å². The molecule has 132 heavy (non-hydrogen) atoms. The Bertz CT molecular complexity index is 6560. The van der Waals surface area contributed by atoms with Crippen molar-refractivity contribution in [2.45, 2.75) is 77.4 Å². The Balaban J connectivity index is 0.000000169. The Morgan fingerprint density at radius 1 is 0.379 bits per heavy atom. The lowest BCUT2D eigenvalue weighted by Gasteiger charge is -2.30. The Kier molecular flexibility index (Phi) is 34.2. The third-order valence-corrected chi connectivity index (χ3v) is 21.9. The number of fused-ring (bicyclic) bond motifs is 3. The summed E-state index contributed by atoms with van der Waals surface area (Å²) in [6.45, 7) is 8.28. The second kappa shape index (κ2) is 45.5. The molecule has 0 saturated carbocycles. The summed E-state index contributed by atoms with van der Waals surface area (Å²) in [6, 6.07) is 77.1. The average molecular weight is 2060 g/mol. The number of ether oxygens (including phenoxy) is 7. The summed E-state index contributed by atoms with van der Waals surface area (Å²) < 4.78 is 157. The lowest BCUT2D eigenvalue weighted by molar-refractivity contribution is -0.138. The van der Waals surface area contributed by atoms with E-state index in [1.54, 1.807) is 143 Å². The second-order valence-electron chi connectivity index (χ2n) is 29.1. The molecule has 32 heteroatoms. The zero-order chi connectivity index (χ0) is 95.1. The number of carbonyl (C=O) groups is 4. The molecule has 0 aliphatic carbocycles. The summed E-state index contributed by atoms with van der Waals surface area (Å²) in [5.74, 6) is 3.47. The van der Waals surface area contributed by atoms with Crippen molar-refractivity contribution in [3.63, 3.8) is 0 Å². The number of carboxylic acid groups (broad SMARTS) is 1. The number of halogens is 13. The first-order valence-electron chi connectivity index (χ1n) is 40.1. The van der Waals surface area contributed by atoms with Crippen molar-refractivity contribution in [1.82, 2.24) is 35.5 Å². The quantitative estimate of drug-likeness (QED) is 0.0290. The maximum absolute atomic E-state index is 14.2. The molecule has 0 saturated heterocycles. The molecule has 2 amide bonds. The van der Waals surface area contributed by atoms with Crippen molar-refractivity contribution in [2.24, 2.45) is 0 Å². The highest BCUT2D eigenvalue weighted by molar-refractivity contribution is 9.11. The number of ketones is 1. The Labute approximate surface area is 786 Å². The number of nitrogens with one attached hydrogen (secondary N) is 2. The van der Waals surface area contributed by atoms with Crippen LogP contribution in [0.4, 0.5) is 39.5 Å². The summed E-state index contributed by atoms with van der Waals surface area (Å²) in [7, 11) is 6.45. The van der Waals surface area contributed by atoms with Crippen molar-refractivity contribution < 1.29 is 97.0 Å². The minimum Gasteiger partial charge on any atom is -0.497 e. The van der Waals surface area contributed by atoms with Crippen LogP contribution in [0.3, 0.4) is 0 Å². The van der Waals surface area contributed by atoms with Gasteiger partial charge in [0, 0.05) is 70.1 Å². The van der Waals surface area contributed by atoms with Gasteiger partial charge in [-0.25, -0.2) is 24.7 Å². The van der Waals surface area contributed by atoms with Crippen LogP contribution >= 0.6 is 63.7 Å². The number of benzene rings is 11. The third kappa shape index (κ3) is 27.4. The van der Waals surface area contributed by atoms with Crippen molar-refractivity contribution >= 4 is 120 Å². The predicted octanol–water partition coefficient (Wildman–Crippen LogP) is 27.6. The van der Waals surface area contributed by atoms with Crippen molar-refractivity contribution in [1.29, 1.82) is 0 Å². The molecule has 0 aliphatic rings. The van der Waals surface area contributed by atoms with Crippen LogP contribution in [0.1, 0.15) is 132 Å². The molecule has 3 unspecified atom stereocenters. The highest BCUT2D eigenvalue weighted by atomic mass is 79.9. The van der Waals surface area contributed by atoms with Gasteiger partial charge in [0.2, 0.25) is 0 Å². The van der Waals surface area contributed by atoms with Crippen LogP contribution in [0.5, 0.6) is 57.5 Å². The smallest absolute Gasteiger partial charge is 0.416 e. The summed E-state index contributed by atoms with van der Waals surface area (Å²) in [6.07, 6.45) is -13.2.